The molecule has 0 bridgehead atoms. The van der Waals surface area contributed by atoms with E-state index in [0.29, 0.717) is 5.04 Å². The number of unbranched alkanes of at least 4 members (excludes halogenated alkanes) is 9. The number of hydrogen-bond acceptors (Lipinski definition) is 6. The van der Waals surface area contributed by atoms with Crippen molar-refractivity contribution in [3.63, 3.8) is 0 Å². The highest BCUT2D eigenvalue weighted by atomic mass is 28.2. The summed E-state index contributed by atoms with van der Waals surface area (Å²) in [4.78, 5) is 0. The van der Waals surface area contributed by atoms with Crippen LogP contribution in [0.1, 0.15) is 96.3 Å². The van der Waals surface area contributed by atoms with Crippen LogP contribution in [0.4, 0.5) is 0 Å². The third-order valence-corrected chi connectivity index (χ3v) is 15.9. The van der Waals surface area contributed by atoms with E-state index in [1.54, 1.807) is 42.7 Å². The molecule has 0 aliphatic heterocycles. The summed E-state index contributed by atoms with van der Waals surface area (Å²) in [5.41, 5.74) is 0. The van der Waals surface area contributed by atoms with Crippen LogP contribution in [-0.4, -0.2) is 99.2 Å². The largest absolute Gasteiger partial charge is 0.360 e. The Balaban J connectivity index is 4.28. The van der Waals surface area contributed by atoms with Gasteiger partial charge in [0.1, 0.15) is 17.7 Å². The number of methoxy groups -OCH3 is 6. The summed E-state index contributed by atoms with van der Waals surface area (Å²) in [7, 11) is 11.2. The van der Waals surface area contributed by atoms with Gasteiger partial charge < -0.3 is 28.4 Å². The minimum absolute atomic E-state index is 0.108. The van der Waals surface area contributed by atoms with Crippen molar-refractivity contribution in [1.29, 1.82) is 0 Å². The van der Waals surface area contributed by atoms with Crippen LogP contribution in [0.25, 0.3) is 0 Å². The van der Waals surface area contributed by atoms with E-state index in [-0.39, 0.29) is 46.3 Å². The van der Waals surface area contributed by atoms with Gasteiger partial charge in [0.15, 0.2) is 0 Å². The van der Waals surface area contributed by atoms with Gasteiger partial charge in [0.2, 0.25) is 0 Å². The van der Waals surface area contributed by atoms with Gasteiger partial charge in [0.25, 0.3) is 0 Å². The number of rotatable bonds is 30. The van der Waals surface area contributed by atoms with Crippen molar-refractivity contribution < 1.29 is 28.4 Å². The van der Waals surface area contributed by atoms with Gasteiger partial charge in [-0.15, -0.1) is 0 Å². The fourth-order valence-corrected chi connectivity index (χ4v) is 11.0. The molecule has 0 N–H and O–H groups in total. The van der Waals surface area contributed by atoms with Crippen LogP contribution in [0.15, 0.2) is 0 Å². The lowest BCUT2D eigenvalue weighted by Crippen LogP contribution is -2.20. The standard InChI is InChI=1S/C28H66O6Si4/c1-29-25(30-2)36-22-16-10-7-13-19-28(35,20-14-8-11-17-23-37-26(31-3)32-4)21-15-9-12-18-24-38-27(33-5)34-6/h25-27H,7-24,36-38H2,1-6,35H3. The lowest BCUT2D eigenvalue weighted by molar-refractivity contribution is -0.0442. The predicted octanol–water partition coefficient (Wildman–Crippen LogP) is 3.85. The van der Waals surface area contributed by atoms with Gasteiger partial charge in [-0.3, -0.25) is 0 Å². The summed E-state index contributed by atoms with van der Waals surface area (Å²) in [6.45, 7) is 0. The summed E-state index contributed by atoms with van der Waals surface area (Å²) in [6.07, 6.45) is 21.1. The predicted molar refractivity (Wildman–Crippen MR) is 175 cm³/mol. The van der Waals surface area contributed by atoms with Crippen LogP contribution in [-0.2, 0) is 28.4 Å². The number of hydrogen-bond donors (Lipinski definition) is 0. The minimum Gasteiger partial charge on any atom is -0.360 e. The summed E-state index contributed by atoms with van der Waals surface area (Å²) < 4.78 is 32.3. The van der Waals surface area contributed by atoms with Gasteiger partial charge >= 0.3 is 0 Å². The quantitative estimate of drug-likeness (QED) is 0.0700. The van der Waals surface area contributed by atoms with Crippen LogP contribution in [0.3, 0.4) is 0 Å². The van der Waals surface area contributed by atoms with Crippen molar-refractivity contribution in [3.8, 4) is 0 Å². The molecule has 0 amide bonds. The first-order chi connectivity index (χ1) is 18.5. The van der Waals surface area contributed by atoms with E-state index < -0.39 is 0 Å². The second-order valence-corrected chi connectivity index (χ2v) is 19.4. The Hall–Kier alpha value is 0.628. The lowest BCUT2D eigenvalue weighted by Gasteiger charge is -2.30. The Morgan fingerprint density at radius 3 is 0.895 bits per heavy atom. The first-order valence-corrected chi connectivity index (χ1v) is 22.1. The summed E-state index contributed by atoms with van der Waals surface area (Å²) in [5, 5.41) is 0.657. The highest BCUT2D eigenvalue weighted by Crippen LogP contribution is 2.41. The first kappa shape index (κ1) is 38.6. The first-order valence-electron chi connectivity index (χ1n) is 15.6. The second-order valence-electron chi connectivity index (χ2n) is 11.4. The molecule has 0 saturated heterocycles. The van der Waals surface area contributed by atoms with E-state index in [1.165, 1.54) is 125 Å². The fraction of sp³-hybridized carbons (Fsp3) is 1.00. The van der Waals surface area contributed by atoms with Gasteiger partial charge in [-0.05, 0) is 5.04 Å². The van der Waals surface area contributed by atoms with Crippen LogP contribution in [0.5, 0.6) is 0 Å². The molecule has 0 radical (unpaired) electrons. The molecule has 0 rings (SSSR count). The highest BCUT2D eigenvalue weighted by molar-refractivity contribution is 6.37. The molecule has 6 nitrogen and oxygen atoms in total. The molecular weight excluding hydrogens is 545 g/mol. The SMILES string of the molecule is COC(OC)[SiH2]CCCCCCC([SiH3])(CCCCCC[SiH2]C(OC)OC)CCCCCC[SiH2]C(OC)OC. The Labute approximate surface area is 246 Å². The third-order valence-electron chi connectivity index (χ3n) is 8.24. The summed E-state index contributed by atoms with van der Waals surface area (Å²) in [6, 6.07) is 4.03. The summed E-state index contributed by atoms with van der Waals surface area (Å²) >= 11 is 0. The molecule has 0 saturated carbocycles. The Bertz CT molecular complexity index is 416. The third kappa shape index (κ3) is 22.3. The minimum atomic E-state index is -0.253. The van der Waals surface area contributed by atoms with E-state index in [1.807, 2.05) is 0 Å². The molecule has 0 heterocycles. The van der Waals surface area contributed by atoms with Crippen LogP contribution < -0.4 is 0 Å². The van der Waals surface area contributed by atoms with E-state index >= 15 is 0 Å². The van der Waals surface area contributed by atoms with Gasteiger partial charge in [-0.2, -0.15) is 0 Å². The zero-order valence-electron chi connectivity index (χ0n) is 26.5. The van der Waals surface area contributed by atoms with Crippen LogP contribution in [0.2, 0.25) is 23.2 Å². The van der Waals surface area contributed by atoms with E-state index in [0.717, 1.165) is 0 Å². The van der Waals surface area contributed by atoms with Crippen LogP contribution >= 0.6 is 0 Å². The van der Waals surface area contributed by atoms with Crippen molar-refractivity contribution in [2.45, 2.75) is 137 Å². The Morgan fingerprint density at radius 2 is 0.658 bits per heavy atom. The zero-order chi connectivity index (χ0) is 28.3. The van der Waals surface area contributed by atoms with Crippen molar-refractivity contribution in [1.82, 2.24) is 0 Å². The molecule has 0 aliphatic rings. The van der Waals surface area contributed by atoms with E-state index in [2.05, 4.69) is 0 Å². The second kappa shape index (κ2) is 27.8. The molecule has 10 heteroatoms. The van der Waals surface area contributed by atoms with Crippen LogP contribution in [0, 0.1) is 0 Å². The molecule has 0 aromatic heterocycles. The number of ether oxygens (including phenoxy) is 6. The van der Waals surface area contributed by atoms with E-state index in [9.17, 15) is 0 Å². The molecule has 0 spiro atoms. The molecule has 0 aliphatic carbocycles. The van der Waals surface area contributed by atoms with Crippen molar-refractivity contribution >= 4 is 38.8 Å². The van der Waals surface area contributed by atoms with Gasteiger partial charge in [-0.1, -0.05) is 114 Å². The molecular formula is C28H66O6Si4. The topological polar surface area (TPSA) is 55.4 Å². The van der Waals surface area contributed by atoms with Crippen molar-refractivity contribution in [2.24, 2.45) is 0 Å². The molecule has 0 fully saturated rings. The lowest BCUT2D eigenvalue weighted by atomic mass is 9.88. The molecule has 0 aromatic carbocycles. The van der Waals surface area contributed by atoms with Gasteiger partial charge in [-0.25, -0.2) is 0 Å². The molecule has 230 valence electrons. The average Bonchev–Trinajstić information content (AvgIpc) is 2.93. The Morgan fingerprint density at radius 1 is 0.421 bits per heavy atom. The molecule has 0 aromatic rings. The maximum Gasteiger partial charge on any atom is 0.134 e. The smallest absolute Gasteiger partial charge is 0.134 e. The van der Waals surface area contributed by atoms with Crippen molar-refractivity contribution in [3.05, 3.63) is 0 Å². The van der Waals surface area contributed by atoms with Gasteiger partial charge in [0, 0.05) is 52.9 Å². The fourth-order valence-electron chi connectivity index (χ4n) is 5.55. The molecule has 0 unspecified atom stereocenters. The van der Waals surface area contributed by atoms with E-state index in [4.69, 9.17) is 28.4 Å². The molecule has 0 atom stereocenters. The maximum absolute atomic E-state index is 5.38. The average molecular weight is 611 g/mol. The highest BCUT2D eigenvalue weighted by Gasteiger charge is 2.23. The zero-order valence-corrected chi connectivity index (χ0v) is 32.8. The Kier molecular flexibility index (Phi) is 28.2. The summed E-state index contributed by atoms with van der Waals surface area (Å²) in [5.74, 6) is 0.324. The maximum atomic E-state index is 5.38. The van der Waals surface area contributed by atoms with Gasteiger partial charge in [0.05, 0.1) is 28.6 Å². The monoisotopic (exact) mass is 610 g/mol. The van der Waals surface area contributed by atoms with Crippen molar-refractivity contribution in [2.75, 3.05) is 42.7 Å². The molecule has 38 heavy (non-hydrogen) atoms. The normalized spacial score (nSPS) is 14.8.